The van der Waals surface area contributed by atoms with Crippen molar-refractivity contribution in [3.05, 3.63) is 57.6 Å². The predicted octanol–water partition coefficient (Wildman–Crippen LogP) is 5.45. The summed E-state index contributed by atoms with van der Waals surface area (Å²) in [6.45, 7) is 3.32. The molecule has 1 fully saturated rings. The van der Waals surface area contributed by atoms with Crippen LogP contribution >= 0.6 is 11.3 Å². The molecule has 1 N–H and O–H groups in total. The molecule has 1 unspecified atom stereocenters. The van der Waals surface area contributed by atoms with E-state index in [0.717, 1.165) is 55.2 Å². The molecule has 2 aromatic heterocycles. The third kappa shape index (κ3) is 4.67. The third-order valence-corrected chi connectivity index (χ3v) is 7.97. The van der Waals surface area contributed by atoms with Crippen LogP contribution < -0.4 is 15.0 Å². The molecule has 5 rings (SSSR count). The topological polar surface area (TPSA) is 82.8 Å². The number of benzene rings is 2. The van der Waals surface area contributed by atoms with Crippen LogP contribution in [-0.2, 0) is 24.1 Å². The van der Waals surface area contributed by atoms with Crippen LogP contribution in [0.1, 0.15) is 49.6 Å². The van der Waals surface area contributed by atoms with Gasteiger partial charge in [-0.15, -0.1) is 11.3 Å². The summed E-state index contributed by atoms with van der Waals surface area (Å²) in [5.41, 5.74) is 1.93. The standard InChI is InChI=1S/C28H32N2O5S/c1-4-5-7-17-12-20-25-27(36-26(20)21(31)13-17)29-24(30(28(25)32)16-19-8-6-11-35-19)15-18-9-10-22(33-2)23(14-18)34-3/h9-10,12-14,19,31H,4-8,11,15-16H2,1-3H3. The Morgan fingerprint density at radius 1 is 1.17 bits per heavy atom. The molecule has 0 amide bonds. The number of ether oxygens (including phenoxy) is 3. The largest absolute Gasteiger partial charge is 0.506 e. The summed E-state index contributed by atoms with van der Waals surface area (Å²) in [7, 11) is 3.22. The van der Waals surface area contributed by atoms with E-state index < -0.39 is 0 Å². The second-order valence-electron chi connectivity index (χ2n) is 9.32. The maximum absolute atomic E-state index is 14.0. The van der Waals surface area contributed by atoms with Crippen molar-refractivity contribution in [1.82, 2.24) is 9.55 Å². The molecule has 3 heterocycles. The lowest BCUT2D eigenvalue weighted by atomic mass is 10.0. The van der Waals surface area contributed by atoms with Gasteiger partial charge in [0.1, 0.15) is 16.4 Å². The number of hydrogen-bond acceptors (Lipinski definition) is 7. The summed E-state index contributed by atoms with van der Waals surface area (Å²) in [5.74, 6) is 2.18. The van der Waals surface area contributed by atoms with Crippen LogP contribution in [0.5, 0.6) is 17.2 Å². The molecule has 8 heteroatoms. The maximum atomic E-state index is 14.0. The fraction of sp³-hybridized carbons (Fsp3) is 0.429. The van der Waals surface area contributed by atoms with Crippen molar-refractivity contribution in [2.24, 2.45) is 0 Å². The SMILES string of the molecule is CCCCc1cc(O)c2sc3nc(Cc4ccc(OC)c(OC)c4)n(CC4CCCO4)c(=O)c3c2c1. The van der Waals surface area contributed by atoms with Gasteiger partial charge in [-0.3, -0.25) is 9.36 Å². The Morgan fingerprint density at radius 3 is 2.72 bits per heavy atom. The number of thiophene rings is 1. The van der Waals surface area contributed by atoms with Crippen molar-refractivity contribution in [2.75, 3.05) is 20.8 Å². The monoisotopic (exact) mass is 508 g/mol. The van der Waals surface area contributed by atoms with Crippen molar-refractivity contribution in [2.45, 2.75) is 58.1 Å². The number of fused-ring (bicyclic) bond motifs is 3. The zero-order chi connectivity index (χ0) is 25.2. The van der Waals surface area contributed by atoms with Crippen LogP contribution in [0.25, 0.3) is 20.3 Å². The maximum Gasteiger partial charge on any atom is 0.263 e. The number of unbranched alkanes of at least 4 members (excludes halogenated alkanes) is 1. The molecule has 0 aliphatic carbocycles. The molecule has 190 valence electrons. The van der Waals surface area contributed by atoms with Gasteiger partial charge in [-0.2, -0.15) is 0 Å². The van der Waals surface area contributed by atoms with Gasteiger partial charge in [0.05, 0.1) is 37.0 Å². The van der Waals surface area contributed by atoms with Gasteiger partial charge in [0.25, 0.3) is 5.56 Å². The van der Waals surface area contributed by atoms with Crippen molar-refractivity contribution in [1.29, 1.82) is 0 Å². The fourth-order valence-electron chi connectivity index (χ4n) is 4.96. The van der Waals surface area contributed by atoms with E-state index in [9.17, 15) is 9.90 Å². The highest BCUT2D eigenvalue weighted by atomic mass is 32.1. The molecule has 2 aromatic carbocycles. The Hall–Kier alpha value is -3.10. The Kier molecular flexibility index (Phi) is 7.16. The van der Waals surface area contributed by atoms with E-state index in [1.165, 1.54) is 11.3 Å². The zero-order valence-electron chi connectivity index (χ0n) is 21.0. The first kappa shape index (κ1) is 24.6. The minimum absolute atomic E-state index is 0.00970. The number of nitrogens with zero attached hydrogens (tertiary/aromatic N) is 2. The molecule has 0 spiro atoms. The molecular weight excluding hydrogens is 476 g/mol. The summed E-state index contributed by atoms with van der Waals surface area (Å²) >= 11 is 1.37. The van der Waals surface area contributed by atoms with Crippen molar-refractivity contribution in [3.8, 4) is 17.2 Å². The van der Waals surface area contributed by atoms with Gasteiger partial charge >= 0.3 is 0 Å². The highest BCUT2D eigenvalue weighted by molar-refractivity contribution is 7.25. The van der Waals surface area contributed by atoms with Gasteiger partial charge in [-0.05, 0) is 61.1 Å². The van der Waals surface area contributed by atoms with Crippen LogP contribution in [0.15, 0.2) is 35.1 Å². The zero-order valence-corrected chi connectivity index (χ0v) is 21.8. The summed E-state index contributed by atoms with van der Waals surface area (Å²) in [5, 5.41) is 12.2. The van der Waals surface area contributed by atoms with Crippen molar-refractivity contribution >= 4 is 31.6 Å². The smallest absolute Gasteiger partial charge is 0.263 e. The van der Waals surface area contributed by atoms with Gasteiger partial charge in [-0.1, -0.05) is 19.4 Å². The number of aromatic nitrogens is 2. The van der Waals surface area contributed by atoms with Crippen LogP contribution in [0.3, 0.4) is 0 Å². The lowest BCUT2D eigenvalue weighted by Gasteiger charge is -2.17. The van der Waals surface area contributed by atoms with Crippen molar-refractivity contribution in [3.63, 3.8) is 0 Å². The summed E-state index contributed by atoms with van der Waals surface area (Å²) in [6, 6.07) is 9.62. The highest BCUT2D eigenvalue weighted by Crippen LogP contribution is 2.38. The quantitative estimate of drug-likeness (QED) is 0.324. The minimum Gasteiger partial charge on any atom is -0.506 e. The molecule has 1 aliphatic heterocycles. The molecule has 1 atom stereocenters. The number of phenols is 1. The Labute approximate surface area is 214 Å². The van der Waals surface area contributed by atoms with Crippen LogP contribution in [0.2, 0.25) is 0 Å². The lowest BCUT2D eigenvalue weighted by Crippen LogP contribution is -2.30. The second-order valence-corrected chi connectivity index (χ2v) is 10.3. The fourth-order valence-corrected chi connectivity index (χ4v) is 6.03. The molecular formula is C28H32N2O5S. The van der Waals surface area contributed by atoms with Crippen LogP contribution in [0, 0.1) is 0 Å². The summed E-state index contributed by atoms with van der Waals surface area (Å²) < 4.78 is 19.2. The number of hydrogen-bond donors (Lipinski definition) is 1. The van der Waals surface area contributed by atoms with E-state index in [1.54, 1.807) is 18.8 Å². The average Bonchev–Trinajstić information content (AvgIpc) is 3.53. The van der Waals surface area contributed by atoms with Gasteiger partial charge in [-0.25, -0.2) is 4.98 Å². The molecule has 7 nitrogen and oxygen atoms in total. The Balaban J connectivity index is 1.66. The molecule has 36 heavy (non-hydrogen) atoms. The normalized spacial score (nSPS) is 15.7. The van der Waals surface area contributed by atoms with E-state index in [0.29, 0.717) is 45.2 Å². The predicted molar refractivity (Wildman–Crippen MR) is 143 cm³/mol. The van der Waals surface area contributed by atoms with Gasteiger partial charge in [0.15, 0.2) is 11.5 Å². The number of aromatic hydroxyl groups is 1. The number of rotatable bonds is 9. The first-order chi connectivity index (χ1) is 17.5. The molecule has 0 radical (unpaired) electrons. The minimum atomic E-state index is -0.0794. The van der Waals surface area contributed by atoms with Gasteiger partial charge in [0.2, 0.25) is 0 Å². The van der Waals surface area contributed by atoms with Crippen LogP contribution in [-0.4, -0.2) is 41.6 Å². The third-order valence-electron chi connectivity index (χ3n) is 6.85. The average molecular weight is 509 g/mol. The van der Waals surface area contributed by atoms with Gasteiger partial charge < -0.3 is 19.3 Å². The number of aryl methyl sites for hydroxylation is 1. The van der Waals surface area contributed by atoms with Gasteiger partial charge in [0, 0.05) is 18.4 Å². The second kappa shape index (κ2) is 10.5. The molecule has 1 saturated heterocycles. The molecule has 4 aromatic rings. The number of methoxy groups -OCH3 is 2. The first-order valence-electron chi connectivity index (χ1n) is 12.5. The number of phenolic OH excluding ortho intramolecular Hbond substituents is 1. The van der Waals surface area contributed by atoms with Crippen LogP contribution in [0.4, 0.5) is 0 Å². The molecule has 0 saturated carbocycles. The molecule has 0 bridgehead atoms. The Bertz CT molecular complexity index is 1450. The highest BCUT2D eigenvalue weighted by Gasteiger charge is 2.23. The van der Waals surface area contributed by atoms with E-state index in [-0.39, 0.29) is 17.4 Å². The molecule has 1 aliphatic rings. The van der Waals surface area contributed by atoms with E-state index in [2.05, 4.69) is 13.0 Å². The first-order valence-corrected chi connectivity index (χ1v) is 13.3. The summed E-state index contributed by atoms with van der Waals surface area (Å²) in [6.07, 6.45) is 5.34. The summed E-state index contributed by atoms with van der Waals surface area (Å²) in [4.78, 5) is 19.6. The lowest BCUT2D eigenvalue weighted by molar-refractivity contribution is 0.0953. The van der Waals surface area contributed by atoms with Crippen molar-refractivity contribution < 1.29 is 19.3 Å². The van der Waals surface area contributed by atoms with E-state index in [1.807, 2.05) is 24.3 Å². The van der Waals surface area contributed by atoms with E-state index >= 15 is 0 Å². The Morgan fingerprint density at radius 2 is 2.00 bits per heavy atom. The van der Waals surface area contributed by atoms with E-state index in [4.69, 9.17) is 19.2 Å².